The number of fused-ring (bicyclic) bond motifs is 7. The van der Waals surface area contributed by atoms with Crippen molar-refractivity contribution in [1.29, 1.82) is 0 Å². The molecule has 6 fully saturated rings. The van der Waals surface area contributed by atoms with E-state index in [1.165, 1.54) is 44.9 Å². The minimum absolute atomic E-state index is 0.0389. The molecule has 0 aromatic heterocycles. The number of hydrogen-bond donors (Lipinski definition) is 1. The Hall–Kier alpha value is -0.120. The molecule has 2 aliphatic heterocycles. The summed E-state index contributed by atoms with van der Waals surface area (Å²) in [7, 11) is 0. The van der Waals surface area contributed by atoms with Crippen molar-refractivity contribution >= 4 is 0 Å². The summed E-state index contributed by atoms with van der Waals surface area (Å²) in [4.78, 5) is 0. The predicted molar refractivity (Wildman–Crippen MR) is 118 cm³/mol. The van der Waals surface area contributed by atoms with E-state index in [1.54, 1.807) is 0 Å². The average Bonchev–Trinajstić information content (AvgIpc) is 3.16. The van der Waals surface area contributed by atoms with Gasteiger partial charge in [-0.25, -0.2) is 0 Å². The van der Waals surface area contributed by atoms with Gasteiger partial charge in [-0.2, -0.15) is 0 Å². The van der Waals surface area contributed by atoms with E-state index in [0.717, 1.165) is 49.5 Å². The standard InChI is InChI=1S/C27H44O3/c1-16-7-12-27(29-15-16)17(2)24-23(30-27)14-22-20-6-5-18-13-19(28)8-10-25(18,3)21(20)9-11-26(22,24)4/h16-24,28H,5-15H2,1-4H3/t16-,17+,18+,19-,20-,21+,22+,23+,24+,25+,26+,27-/m1/s1. The highest BCUT2D eigenvalue weighted by Gasteiger charge is 2.69. The van der Waals surface area contributed by atoms with Crippen molar-refractivity contribution in [2.75, 3.05) is 6.61 Å². The van der Waals surface area contributed by atoms with E-state index in [1.807, 2.05) is 0 Å². The molecule has 2 heterocycles. The average molecular weight is 417 g/mol. The number of aliphatic hydroxyl groups excluding tert-OH is 1. The van der Waals surface area contributed by atoms with Crippen molar-refractivity contribution in [1.82, 2.24) is 0 Å². The highest BCUT2D eigenvalue weighted by Crippen LogP contribution is 2.71. The van der Waals surface area contributed by atoms with Crippen LogP contribution in [0.15, 0.2) is 0 Å². The van der Waals surface area contributed by atoms with Gasteiger partial charge in [0.25, 0.3) is 0 Å². The molecule has 0 aromatic rings. The maximum Gasteiger partial charge on any atom is 0.171 e. The van der Waals surface area contributed by atoms with Crippen LogP contribution >= 0.6 is 0 Å². The van der Waals surface area contributed by atoms with Gasteiger partial charge in [0, 0.05) is 12.3 Å². The molecule has 30 heavy (non-hydrogen) atoms. The first-order valence-corrected chi connectivity index (χ1v) is 13.3. The van der Waals surface area contributed by atoms with Crippen molar-refractivity contribution < 1.29 is 14.6 Å². The lowest BCUT2D eigenvalue weighted by molar-refractivity contribution is -0.273. The minimum Gasteiger partial charge on any atom is -0.393 e. The first-order chi connectivity index (χ1) is 14.3. The van der Waals surface area contributed by atoms with Crippen LogP contribution in [0.5, 0.6) is 0 Å². The second-order valence-corrected chi connectivity index (χ2v) is 13.1. The van der Waals surface area contributed by atoms with Gasteiger partial charge in [-0.15, -0.1) is 0 Å². The smallest absolute Gasteiger partial charge is 0.171 e. The third-order valence-electron chi connectivity index (χ3n) is 11.9. The first-order valence-electron chi connectivity index (χ1n) is 13.3. The highest BCUT2D eigenvalue weighted by atomic mass is 16.7. The van der Waals surface area contributed by atoms with Gasteiger partial charge >= 0.3 is 0 Å². The molecule has 0 bridgehead atoms. The second kappa shape index (κ2) is 6.70. The molecular formula is C27H44O3. The maximum atomic E-state index is 10.3. The van der Waals surface area contributed by atoms with Gasteiger partial charge in [-0.1, -0.05) is 27.7 Å². The van der Waals surface area contributed by atoms with Crippen molar-refractivity contribution in [3.8, 4) is 0 Å². The van der Waals surface area contributed by atoms with Crippen LogP contribution in [0, 0.1) is 52.3 Å². The Balaban J connectivity index is 1.26. The summed E-state index contributed by atoms with van der Waals surface area (Å²) in [5.41, 5.74) is 0.899. The number of rotatable bonds is 0. The Morgan fingerprint density at radius 1 is 0.833 bits per heavy atom. The molecule has 12 atom stereocenters. The van der Waals surface area contributed by atoms with E-state index in [4.69, 9.17) is 9.47 Å². The van der Waals surface area contributed by atoms with Crippen LogP contribution in [0.4, 0.5) is 0 Å². The third kappa shape index (κ3) is 2.61. The second-order valence-electron chi connectivity index (χ2n) is 13.1. The monoisotopic (exact) mass is 416 g/mol. The van der Waals surface area contributed by atoms with Gasteiger partial charge in [0.2, 0.25) is 0 Å². The summed E-state index contributed by atoms with van der Waals surface area (Å²) in [5.74, 6) is 4.93. The molecule has 0 amide bonds. The summed E-state index contributed by atoms with van der Waals surface area (Å²) in [6.07, 6.45) is 12.9. The van der Waals surface area contributed by atoms with E-state index in [2.05, 4.69) is 27.7 Å². The molecule has 4 saturated carbocycles. The Kier molecular flexibility index (Phi) is 4.58. The van der Waals surface area contributed by atoms with Gasteiger partial charge in [-0.3, -0.25) is 0 Å². The van der Waals surface area contributed by atoms with E-state index in [-0.39, 0.29) is 11.9 Å². The van der Waals surface area contributed by atoms with Gasteiger partial charge in [-0.05, 0) is 104 Å². The Bertz CT molecular complexity index is 684. The van der Waals surface area contributed by atoms with Crippen molar-refractivity contribution in [2.24, 2.45) is 52.3 Å². The van der Waals surface area contributed by atoms with E-state index in [9.17, 15) is 5.11 Å². The third-order valence-corrected chi connectivity index (χ3v) is 11.9. The molecule has 3 heteroatoms. The van der Waals surface area contributed by atoms with Crippen molar-refractivity contribution in [3.63, 3.8) is 0 Å². The fourth-order valence-corrected chi connectivity index (χ4v) is 10.3. The SMILES string of the molecule is C[C@@H]1CC[C@@]2(OC1)O[C@H]1C[C@H]3[C@@H]4CC[C@H]5C[C@H](O)CC[C@]5(C)[C@H]4CC[C@]3(C)[C@H]1[C@@H]2C. The molecule has 1 N–H and O–H groups in total. The summed E-state index contributed by atoms with van der Waals surface area (Å²) >= 11 is 0. The summed E-state index contributed by atoms with van der Waals surface area (Å²) in [5, 5.41) is 10.3. The van der Waals surface area contributed by atoms with E-state index >= 15 is 0 Å². The fraction of sp³-hybridized carbons (Fsp3) is 1.00. The van der Waals surface area contributed by atoms with E-state index < -0.39 is 0 Å². The molecule has 0 aromatic carbocycles. The number of hydrogen-bond acceptors (Lipinski definition) is 3. The van der Waals surface area contributed by atoms with Crippen LogP contribution < -0.4 is 0 Å². The summed E-state index contributed by atoms with van der Waals surface area (Å²) < 4.78 is 13.4. The molecule has 170 valence electrons. The number of aliphatic hydroxyl groups is 1. The summed E-state index contributed by atoms with van der Waals surface area (Å²) in [6, 6.07) is 0. The van der Waals surface area contributed by atoms with E-state index in [0.29, 0.717) is 34.7 Å². The molecule has 6 rings (SSSR count). The lowest BCUT2D eigenvalue weighted by Crippen LogP contribution is -2.55. The topological polar surface area (TPSA) is 38.7 Å². The zero-order chi connectivity index (χ0) is 20.9. The van der Waals surface area contributed by atoms with Crippen LogP contribution in [0.25, 0.3) is 0 Å². The lowest BCUT2D eigenvalue weighted by Gasteiger charge is -2.61. The molecular weight excluding hydrogens is 372 g/mol. The molecule has 0 unspecified atom stereocenters. The zero-order valence-electron chi connectivity index (χ0n) is 19.7. The highest BCUT2D eigenvalue weighted by molar-refractivity contribution is 5.15. The molecule has 6 aliphatic rings. The number of ether oxygens (including phenoxy) is 2. The zero-order valence-corrected chi connectivity index (χ0v) is 19.7. The lowest BCUT2D eigenvalue weighted by atomic mass is 9.44. The Morgan fingerprint density at radius 2 is 1.63 bits per heavy atom. The molecule has 0 radical (unpaired) electrons. The first kappa shape index (κ1) is 20.5. The van der Waals surface area contributed by atoms with Gasteiger partial charge in [0.05, 0.1) is 18.8 Å². The predicted octanol–water partition coefficient (Wildman–Crippen LogP) is 5.79. The van der Waals surface area contributed by atoms with Gasteiger partial charge in [0.15, 0.2) is 5.79 Å². The normalized spacial score (nSPS) is 62.5. The summed E-state index contributed by atoms with van der Waals surface area (Å²) in [6.45, 7) is 10.9. The quantitative estimate of drug-likeness (QED) is 0.543. The Morgan fingerprint density at radius 3 is 2.40 bits per heavy atom. The molecule has 4 aliphatic carbocycles. The van der Waals surface area contributed by atoms with Crippen LogP contribution in [0.3, 0.4) is 0 Å². The van der Waals surface area contributed by atoms with Gasteiger partial charge in [0.1, 0.15) is 0 Å². The molecule has 1 spiro atoms. The molecule has 3 nitrogen and oxygen atoms in total. The Labute approximate surface area is 183 Å². The van der Waals surface area contributed by atoms with Gasteiger partial charge < -0.3 is 14.6 Å². The van der Waals surface area contributed by atoms with Crippen LogP contribution in [-0.2, 0) is 9.47 Å². The fourth-order valence-electron chi connectivity index (χ4n) is 10.3. The van der Waals surface area contributed by atoms with Crippen molar-refractivity contribution in [3.05, 3.63) is 0 Å². The minimum atomic E-state index is -0.282. The van der Waals surface area contributed by atoms with Crippen LogP contribution in [0.1, 0.15) is 91.9 Å². The van der Waals surface area contributed by atoms with Crippen molar-refractivity contribution in [2.45, 2.75) is 110 Å². The largest absolute Gasteiger partial charge is 0.393 e. The molecule has 2 saturated heterocycles. The van der Waals surface area contributed by atoms with Crippen LogP contribution in [-0.4, -0.2) is 29.7 Å². The maximum absolute atomic E-state index is 10.3. The van der Waals surface area contributed by atoms with Crippen LogP contribution in [0.2, 0.25) is 0 Å².